The van der Waals surface area contributed by atoms with Gasteiger partial charge in [0.05, 0.1) is 12.1 Å². The molecule has 0 saturated heterocycles. The zero-order valence-corrected chi connectivity index (χ0v) is 12.2. The lowest BCUT2D eigenvalue weighted by Gasteiger charge is -2.21. The fraction of sp³-hybridized carbons (Fsp3) is 0.846. The molecule has 0 aromatic carbocycles. The molecule has 0 bridgehead atoms. The largest absolute Gasteiger partial charge is 0.469 e. The molecule has 17 heavy (non-hydrogen) atoms. The van der Waals surface area contributed by atoms with Crippen LogP contribution in [0, 0.1) is 5.92 Å². The van der Waals surface area contributed by atoms with Crippen LogP contribution in [0.15, 0.2) is 0 Å². The molecule has 0 spiro atoms. The number of thiocarbonyl (C=S) groups is 1. The number of carbonyl (C=O) groups excluding carboxylic acids is 1. The Labute approximate surface area is 110 Å². The fourth-order valence-corrected chi connectivity index (χ4v) is 1.91. The van der Waals surface area contributed by atoms with Crippen molar-refractivity contribution in [3.8, 4) is 0 Å². The van der Waals surface area contributed by atoms with E-state index in [0.717, 1.165) is 30.7 Å². The van der Waals surface area contributed by atoms with E-state index in [0.29, 0.717) is 18.4 Å². The van der Waals surface area contributed by atoms with Gasteiger partial charge in [-0.05, 0) is 32.6 Å². The minimum atomic E-state index is -0.107. The third-order valence-electron chi connectivity index (χ3n) is 3.05. The van der Waals surface area contributed by atoms with Gasteiger partial charge in [-0.25, -0.2) is 0 Å². The van der Waals surface area contributed by atoms with Crippen LogP contribution in [-0.2, 0) is 9.53 Å². The molecule has 0 rings (SSSR count). The standard InChI is InChI=1S/C13H25NO2S/c1-10(11(2)14-12(3)17)8-6-5-7-9-13(15)16-4/h10-11H,5-9H2,1-4H3,(H,14,17)/t10-,11+/m1/s1. The van der Waals surface area contributed by atoms with E-state index >= 15 is 0 Å². The van der Waals surface area contributed by atoms with Crippen molar-refractivity contribution in [2.24, 2.45) is 5.92 Å². The third-order valence-corrected chi connectivity index (χ3v) is 3.17. The van der Waals surface area contributed by atoms with Gasteiger partial charge in [-0.3, -0.25) is 4.79 Å². The van der Waals surface area contributed by atoms with Crippen LogP contribution in [0.2, 0.25) is 0 Å². The minimum absolute atomic E-state index is 0.107. The van der Waals surface area contributed by atoms with Gasteiger partial charge in [0.15, 0.2) is 0 Å². The number of rotatable bonds is 8. The lowest BCUT2D eigenvalue weighted by molar-refractivity contribution is -0.140. The maximum Gasteiger partial charge on any atom is 0.305 e. The predicted octanol–water partition coefficient (Wildman–Crippen LogP) is 3.07. The number of esters is 1. The molecule has 0 saturated carbocycles. The molecule has 0 aromatic heterocycles. The zero-order valence-electron chi connectivity index (χ0n) is 11.4. The summed E-state index contributed by atoms with van der Waals surface area (Å²) in [6.07, 6.45) is 4.87. The van der Waals surface area contributed by atoms with Crippen LogP contribution in [0.3, 0.4) is 0 Å². The van der Waals surface area contributed by atoms with E-state index in [2.05, 4.69) is 23.9 Å². The Bertz CT molecular complexity index is 244. The van der Waals surface area contributed by atoms with Gasteiger partial charge in [-0.15, -0.1) is 0 Å². The lowest BCUT2D eigenvalue weighted by Crippen LogP contribution is -2.34. The summed E-state index contributed by atoms with van der Waals surface area (Å²) in [6, 6.07) is 0.424. The zero-order chi connectivity index (χ0) is 13.3. The van der Waals surface area contributed by atoms with Gasteiger partial charge >= 0.3 is 5.97 Å². The van der Waals surface area contributed by atoms with E-state index in [1.807, 2.05) is 6.92 Å². The van der Waals surface area contributed by atoms with Gasteiger partial charge < -0.3 is 10.1 Å². The Balaban J connectivity index is 3.53. The molecule has 0 radical (unpaired) electrons. The molecule has 0 aliphatic rings. The van der Waals surface area contributed by atoms with Crippen molar-refractivity contribution in [3.05, 3.63) is 0 Å². The van der Waals surface area contributed by atoms with Crippen LogP contribution in [0.5, 0.6) is 0 Å². The fourth-order valence-electron chi connectivity index (χ4n) is 1.73. The first-order chi connectivity index (χ1) is 7.97. The number of hydrogen-bond donors (Lipinski definition) is 1. The maximum absolute atomic E-state index is 10.9. The van der Waals surface area contributed by atoms with Gasteiger partial charge in [0.2, 0.25) is 0 Å². The summed E-state index contributed by atoms with van der Waals surface area (Å²) >= 11 is 5.02. The van der Waals surface area contributed by atoms with E-state index in [-0.39, 0.29) is 5.97 Å². The summed E-state index contributed by atoms with van der Waals surface area (Å²) in [4.78, 5) is 11.7. The second-order valence-electron chi connectivity index (χ2n) is 4.64. The molecule has 100 valence electrons. The van der Waals surface area contributed by atoms with Crippen LogP contribution >= 0.6 is 12.2 Å². The summed E-state index contributed by atoms with van der Waals surface area (Å²) in [5, 5.41) is 3.27. The summed E-state index contributed by atoms with van der Waals surface area (Å²) in [7, 11) is 1.44. The van der Waals surface area contributed by atoms with Crippen molar-refractivity contribution in [2.75, 3.05) is 7.11 Å². The third kappa shape index (κ3) is 9.10. The van der Waals surface area contributed by atoms with Crippen LogP contribution in [0.25, 0.3) is 0 Å². The second-order valence-corrected chi connectivity index (χ2v) is 5.25. The Morgan fingerprint density at radius 1 is 1.29 bits per heavy atom. The summed E-state index contributed by atoms with van der Waals surface area (Å²) < 4.78 is 4.60. The van der Waals surface area contributed by atoms with E-state index in [1.54, 1.807) is 0 Å². The Morgan fingerprint density at radius 2 is 1.94 bits per heavy atom. The Hall–Kier alpha value is -0.640. The van der Waals surface area contributed by atoms with E-state index in [9.17, 15) is 4.79 Å². The molecule has 0 fully saturated rings. The number of unbranched alkanes of at least 4 members (excludes halogenated alkanes) is 2. The highest BCUT2D eigenvalue weighted by molar-refractivity contribution is 7.80. The van der Waals surface area contributed by atoms with Crippen molar-refractivity contribution >= 4 is 23.2 Å². The Kier molecular flexibility index (Phi) is 9.04. The number of hydrogen-bond acceptors (Lipinski definition) is 3. The lowest BCUT2D eigenvalue weighted by atomic mass is 9.96. The second kappa shape index (κ2) is 9.40. The highest BCUT2D eigenvalue weighted by Crippen LogP contribution is 2.14. The highest BCUT2D eigenvalue weighted by atomic mass is 32.1. The number of carbonyl (C=O) groups is 1. The van der Waals surface area contributed by atoms with E-state index in [1.165, 1.54) is 7.11 Å². The van der Waals surface area contributed by atoms with Crippen molar-refractivity contribution in [2.45, 2.75) is 58.9 Å². The average Bonchev–Trinajstić information content (AvgIpc) is 2.26. The predicted molar refractivity (Wildman–Crippen MR) is 75.1 cm³/mol. The first kappa shape index (κ1) is 16.4. The SMILES string of the molecule is COC(=O)CCCCC[C@@H](C)[C@H](C)NC(C)=S. The number of nitrogens with one attached hydrogen (secondary N) is 1. The first-order valence-corrected chi connectivity index (χ1v) is 6.72. The number of methoxy groups -OCH3 is 1. The Morgan fingerprint density at radius 3 is 2.47 bits per heavy atom. The molecule has 1 N–H and O–H groups in total. The first-order valence-electron chi connectivity index (χ1n) is 6.31. The quantitative estimate of drug-likeness (QED) is 0.413. The molecule has 0 aliphatic carbocycles. The van der Waals surface area contributed by atoms with Gasteiger partial charge in [0.25, 0.3) is 0 Å². The van der Waals surface area contributed by atoms with Gasteiger partial charge in [-0.1, -0.05) is 32.0 Å². The molecule has 0 aromatic rings. The smallest absolute Gasteiger partial charge is 0.305 e. The molecule has 3 nitrogen and oxygen atoms in total. The van der Waals surface area contributed by atoms with Crippen molar-refractivity contribution in [1.82, 2.24) is 5.32 Å². The summed E-state index contributed by atoms with van der Waals surface area (Å²) in [5.74, 6) is 0.496. The molecule has 2 atom stereocenters. The van der Waals surface area contributed by atoms with E-state index < -0.39 is 0 Å². The highest BCUT2D eigenvalue weighted by Gasteiger charge is 2.11. The molecule has 0 unspecified atom stereocenters. The molecule has 0 heterocycles. The van der Waals surface area contributed by atoms with Crippen LogP contribution in [0.1, 0.15) is 52.9 Å². The average molecular weight is 259 g/mol. The molecule has 0 aliphatic heterocycles. The molecule has 0 amide bonds. The molecule has 4 heteroatoms. The molecular weight excluding hydrogens is 234 g/mol. The summed E-state index contributed by atoms with van der Waals surface area (Å²) in [6.45, 7) is 6.31. The normalized spacial score (nSPS) is 13.9. The minimum Gasteiger partial charge on any atom is -0.469 e. The van der Waals surface area contributed by atoms with E-state index in [4.69, 9.17) is 12.2 Å². The number of ether oxygens (including phenoxy) is 1. The van der Waals surface area contributed by atoms with Gasteiger partial charge in [0.1, 0.15) is 0 Å². The van der Waals surface area contributed by atoms with Crippen molar-refractivity contribution in [3.63, 3.8) is 0 Å². The monoisotopic (exact) mass is 259 g/mol. The summed E-state index contributed by atoms with van der Waals surface area (Å²) in [5.41, 5.74) is 0. The van der Waals surface area contributed by atoms with Crippen molar-refractivity contribution in [1.29, 1.82) is 0 Å². The van der Waals surface area contributed by atoms with Crippen LogP contribution < -0.4 is 5.32 Å². The van der Waals surface area contributed by atoms with Gasteiger partial charge in [-0.2, -0.15) is 0 Å². The topological polar surface area (TPSA) is 38.3 Å². The van der Waals surface area contributed by atoms with Gasteiger partial charge in [0, 0.05) is 12.5 Å². The maximum atomic E-state index is 10.9. The van der Waals surface area contributed by atoms with Crippen LogP contribution in [0.4, 0.5) is 0 Å². The molecular formula is C13H25NO2S. The van der Waals surface area contributed by atoms with Crippen molar-refractivity contribution < 1.29 is 9.53 Å². The van der Waals surface area contributed by atoms with Crippen LogP contribution in [-0.4, -0.2) is 24.1 Å².